The minimum absolute atomic E-state index is 0.309. The predicted octanol–water partition coefficient (Wildman–Crippen LogP) is 2.83. The van der Waals surface area contributed by atoms with Gasteiger partial charge in [-0.05, 0) is 19.4 Å². The summed E-state index contributed by atoms with van der Waals surface area (Å²) in [5.41, 5.74) is 1.39. The van der Waals surface area contributed by atoms with Crippen molar-refractivity contribution in [1.82, 2.24) is 10.2 Å². The zero-order chi connectivity index (χ0) is 14.5. The highest BCUT2D eigenvalue weighted by atomic mass is 16.5. The Kier molecular flexibility index (Phi) is 5.58. The molecular weight excluding hydrogens is 248 g/mol. The highest BCUT2D eigenvalue weighted by molar-refractivity contribution is 5.19. The minimum Gasteiger partial charge on any atom is -0.373 e. The van der Waals surface area contributed by atoms with E-state index < -0.39 is 0 Å². The Labute approximate surface area is 123 Å². The van der Waals surface area contributed by atoms with Crippen molar-refractivity contribution < 1.29 is 4.74 Å². The normalized spacial score (nSPS) is 25.9. The smallest absolute Gasteiger partial charge is 0.0678 e. The van der Waals surface area contributed by atoms with Crippen LogP contribution < -0.4 is 5.32 Å². The number of nitrogens with one attached hydrogen (secondary N) is 1. The summed E-state index contributed by atoms with van der Waals surface area (Å²) in [5.74, 6) is 0. The lowest BCUT2D eigenvalue weighted by Gasteiger charge is -2.40. The second-order valence-corrected chi connectivity index (χ2v) is 6.20. The fourth-order valence-electron chi connectivity index (χ4n) is 2.95. The van der Waals surface area contributed by atoms with Crippen LogP contribution in [-0.2, 0) is 4.74 Å². The first-order chi connectivity index (χ1) is 9.56. The number of ether oxygens (including phenoxy) is 1. The highest BCUT2D eigenvalue weighted by Gasteiger charge is 2.28. The van der Waals surface area contributed by atoms with Gasteiger partial charge in [0.05, 0.1) is 12.2 Å². The van der Waals surface area contributed by atoms with Crippen LogP contribution in [0.3, 0.4) is 0 Å². The Bertz CT molecular complexity index is 383. The molecule has 1 fully saturated rings. The quantitative estimate of drug-likeness (QED) is 0.895. The summed E-state index contributed by atoms with van der Waals surface area (Å²) in [7, 11) is 0. The minimum atomic E-state index is 0.309. The van der Waals surface area contributed by atoms with E-state index in [0.29, 0.717) is 24.3 Å². The van der Waals surface area contributed by atoms with E-state index in [0.717, 1.165) is 19.6 Å². The van der Waals surface area contributed by atoms with Crippen molar-refractivity contribution in [3.05, 3.63) is 35.9 Å². The van der Waals surface area contributed by atoms with E-state index in [4.69, 9.17) is 4.74 Å². The molecule has 0 bridgehead atoms. The van der Waals surface area contributed by atoms with Crippen molar-refractivity contribution in [2.75, 3.05) is 19.6 Å². The fraction of sp³-hybridized carbons (Fsp3) is 0.647. The first kappa shape index (κ1) is 15.5. The second-order valence-electron chi connectivity index (χ2n) is 6.20. The predicted molar refractivity (Wildman–Crippen MR) is 83.9 cm³/mol. The van der Waals surface area contributed by atoms with Crippen molar-refractivity contribution in [3.63, 3.8) is 0 Å². The molecule has 0 radical (unpaired) electrons. The van der Waals surface area contributed by atoms with E-state index in [1.165, 1.54) is 5.56 Å². The van der Waals surface area contributed by atoms with E-state index in [9.17, 15) is 0 Å². The molecule has 20 heavy (non-hydrogen) atoms. The largest absolute Gasteiger partial charge is 0.373 e. The lowest BCUT2D eigenvalue weighted by molar-refractivity contribution is -0.0808. The molecule has 1 saturated heterocycles. The van der Waals surface area contributed by atoms with Crippen LogP contribution in [0, 0.1) is 0 Å². The van der Waals surface area contributed by atoms with Crippen LogP contribution in [0.2, 0.25) is 0 Å². The molecule has 1 heterocycles. The molecule has 1 aliphatic rings. The third kappa shape index (κ3) is 4.30. The van der Waals surface area contributed by atoms with Gasteiger partial charge in [0, 0.05) is 31.7 Å². The van der Waals surface area contributed by atoms with Gasteiger partial charge in [-0.1, -0.05) is 44.2 Å². The molecule has 3 atom stereocenters. The van der Waals surface area contributed by atoms with Gasteiger partial charge in [-0.25, -0.2) is 0 Å². The third-order valence-corrected chi connectivity index (χ3v) is 3.79. The Morgan fingerprint density at radius 3 is 2.30 bits per heavy atom. The van der Waals surface area contributed by atoms with E-state index >= 15 is 0 Å². The number of rotatable bonds is 5. The molecule has 0 amide bonds. The average molecular weight is 276 g/mol. The number of hydrogen-bond donors (Lipinski definition) is 1. The summed E-state index contributed by atoms with van der Waals surface area (Å²) < 4.78 is 5.87. The first-order valence-corrected chi connectivity index (χ1v) is 7.74. The van der Waals surface area contributed by atoms with Crippen LogP contribution in [0.4, 0.5) is 0 Å². The maximum absolute atomic E-state index is 5.87. The van der Waals surface area contributed by atoms with Crippen molar-refractivity contribution >= 4 is 0 Å². The number of morpholine rings is 1. The van der Waals surface area contributed by atoms with Crippen LogP contribution in [0.5, 0.6) is 0 Å². The van der Waals surface area contributed by atoms with Crippen LogP contribution in [-0.4, -0.2) is 42.8 Å². The van der Waals surface area contributed by atoms with Crippen LogP contribution in [0.15, 0.2) is 30.3 Å². The van der Waals surface area contributed by atoms with Gasteiger partial charge >= 0.3 is 0 Å². The zero-order valence-corrected chi connectivity index (χ0v) is 13.2. The molecule has 1 N–H and O–H groups in total. The SMILES string of the molecule is CC(C)NCC(c1ccccc1)N1C[C@@H](C)O[C@@H](C)C1. The van der Waals surface area contributed by atoms with Gasteiger partial charge in [-0.15, -0.1) is 0 Å². The zero-order valence-electron chi connectivity index (χ0n) is 13.2. The van der Waals surface area contributed by atoms with E-state index in [-0.39, 0.29) is 0 Å². The molecule has 112 valence electrons. The molecule has 0 saturated carbocycles. The van der Waals surface area contributed by atoms with Gasteiger partial charge in [0.1, 0.15) is 0 Å². The Morgan fingerprint density at radius 2 is 1.75 bits per heavy atom. The molecule has 1 aromatic rings. The maximum Gasteiger partial charge on any atom is 0.0678 e. The number of benzene rings is 1. The van der Waals surface area contributed by atoms with Crippen molar-refractivity contribution in [1.29, 1.82) is 0 Å². The average Bonchev–Trinajstić information content (AvgIpc) is 2.38. The second kappa shape index (κ2) is 7.21. The highest BCUT2D eigenvalue weighted by Crippen LogP contribution is 2.24. The third-order valence-electron chi connectivity index (χ3n) is 3.79. The number of nitrogens with zero attached hydrogens (tertiary/aromatic N) is 1. The monoisotopic (exact) mass is 276 g/mol. The van der Waals surface area contributed by atoms with Gasteiger partial charge in [-0.2, -0.15) is 0 Å². The first-order valence-electron chi connectivity index (χ1n) is 7.74. The molecule has 0 spiro atoms. The van der Waals surface area contributed by atoms with Crippen molar-refractivity contribution in [3.8, 4) is 0 Å². The van der Waals surface area contributed by atoms with Gasteiger partial charge < -0.3 is 10.1 Å². The molecule has 1 aromatic carbocycles. The van der Waals surface area contributed by atoms with Crippen LogP contribution in [0.25, 0.3) is 0 Å². The van der Waals surface area contributed by atoms with Crippen LogP contribution in [0.1, 0.15) is 39.3 Å². The summed E-state index contributed by atoms with van der Waals surface area (Å²) >= 11 is 0. The maximum atomic E-state index is 5.87. The molecule has 0 aliphatic carbocycles. The summed E-state index contributed by atoms with van der Waals surface area (Å²) in [6.07, 6.45) is 0.619. The summed E-state index contributed by atoms with van der Waals surface area (Å²) in [5, 5.41) is 3.59. The van der Waals surface area contributed by atoms with Gasteiger partial charge in [-0.3, -0.25) is 4.90 Å². The standard InChI is InChI=1S/C17H28N2O/c1-13(2)18-10-17(16-8-6-5-7-9-16)19-11-14(3)20-15(4)12-19/h5-9,13-15,17-18H,10-12H2,1-4H3/t14-,15+,17?. The molecule has 3 heteroatoms. The lowest BCUT2D eigenvalue weighted by atomic mass is 10.0. The van der Waals surface area contributed by atoms with Gasteiger partial charge in [0.25, 0.3) is 0 Å². The molecule has 0 aromatic heterocycles. The van der Waals surface area contributed by atoms with E-state index in [1.807, 2.05) is 0 Å². The topological polar surface area (TPSA) is 24.5 Å². The molecule has 1 unspecified atom stereocenters. The Balaban J connectivity index is 2.13. The Morgan fingerprint density at radius 1 is 1.15 bits per heavy atom. The molecule has 1 aliphatic heterocycles. The summed E-state index contributed by atoms with van der Waals surface area (Å²) in [4.78, 5) is 2.56. The summed E-state index contributed by atoms with van der Waals surface area (Å²) in [6.45, 7) is 11.7. The summed E-state index contributed by atoms with van der Waals surface area (Å²) in [6, 6.07) is 11.7. The lowest BCUT2D eigenvalue weighted by Crippen LogP contribution is -2.49. The molecule has 2 rings (SSSR count). The molecule has 3 nitrogen and oxygen atoms in total. The molecular formula is C17H28N2O. The van der Waals surface area contributed by atoms with E-state index in [2.05, 4.69) is 68.2 Å². The van der Waals surface area contributed by atoms with Crippen molar-refractivity contribution in [2.24, 2.45) is 0 Å². The van der Waals surface area contributed by atoms with Gasteiger partial charge in [0.2, 0.25) is 0 Å². The van der Waals surface area contributed by atoms with Gasteiger partial charge in [0.15, 0.2) is 0 Å². The Hall–Kier alpha value is -0.900. The van der Waals surface area contributed by atoms with Crippen molar-refractivity contribution in [2.45, 2.75) is 52.0 Å². The van der Waals surface area contributed by atoms with E-state index in [1.54, 1.807) is 0 Å². The van der Waals surface area contributed by atoms with Crippen LogP contribution >= 0.6 is 0 Å². The fourth-order valence-corrected chi connectivity index (χ4v) is 2.95. The number of hydrogen-bond acceptors (Lipinski definition) is 3.